The third-order valence-electron chi connectivity index (χ3n) is 6.29. The van der Waals surface area contributed by atoms with E-state index in [-0.39, 0.29) is 23.2 Å². The average molecular weight is 382 g/mol. The number of aliphatic hydroxyl groups excluding tert-OH is 1. The number of benzene rings is 2. The van der Waals surface area contributed by atoms with Crippen LogP contribution in [0.15, 0.2) is 48.5 Å². The largest absolute Gasteiger partial charge is 0.392 e. The molecule has 148 valence electrons. The number of piperidine rings is 2. The molecule has 0 unspecified atom stereocenters. The van der Waals surface area contributed by atoms with Crippen LogP contribution in [0.5, 0.6) is 0 Å². The van der Waals surface area contributed by atoms with Crippen molar-refractivity contribution in [3.8, 4) is 11.1 Å². The Bertz CT molecular complexity index is 854. The monoisotopic (exact) mass is 382 g/mol. The van der Waals surface area contributed by atoms with E-state index in [0.29, 0.717) is 24.2 Å². The fourth-order valence-electron chi connectivity index (χ4n) is 4.78. The lowest BCUT2D eigenvalue weighted by molar-refractivity contribution is -0.0731. The van der Waals surface area contributed by atoms with Gasteiger partial charge in [-0.15, -0.1) is 0 Å². The molecule has 2 fully saturated rings. The molecule has 1 N–H and O–H groups in total. The van der Waals surface area contributed by atoms with Crippen LogP contribution in [0, 0.1) is 11.2 Å². The molecule has 2 aromatic rings. The van der Waals surface area contributed by atoms with Crippen LogP contribution in [0.4, 0.5) is 4.39 Å². The summed E-state index contributed by atoms with van der Waals surface area (Å²) < 4.78 is 14.0. The Labute approximate surface area is 165 Å². The first-order valence-corrected chi connectivity index (χ1v) is 9.99. The van der Waals surface area contributed by atoms with Crippen LogP contribution in [0.25, 0.3) is 11.1 Å². The quantitative estimate of drug-likeness (QED) is 0.866. The number of halogens is 1. The Kier molecular flexibility index (Phi) is 5.21. The Morgan fingerprint density at radius 1 is 1.11 bits per heavy atom. The van der Waals surface area contributed by atoms with Gasteiger partial charge in [-0.05, 0) is 50.1 Å². The summed E-state index contributed by atoms with van der Waals surface area (Å²) in [7, 11) is 2.08. The van der Waals surface area contributed by atoms with Crippen LogP contribution >= 0.6 is 0 Å². The molecule has 2 heterocycles. The normalized spacial score (nSPS) is 25.8. The van der Waals surface area contributed by atoms with Crippen molar-refractivity contribution in [2.24, 2.45) is 5.41 Å². The third kappa shape index (κ3) is 3.56. The van der Waals surface area contributed by atoms with E-state index in [1.54, 1.807) is 42.5 Å². The molecule has 1 spiro atoms. The minimum atomic E-state index is -0.359. The number of hydrogen-bond donors (Lipinski definition) is 1. The zero-order chi connectivity index (χ0) is 19.7. The number of hydrogen-bond acceptors (Lipinski definition) is 3. The van der Waals surface area contributed by atoms with Gasteiger partial charge in [-0.3, -0.25) is 4.79 Å². The van der Waals surface area contributed by atoms with Crippen molar-refractivity contribution < 1.29 is 14.3 Å². The highest BCUT2D eigenvalue weighted by atomic mass is 19.1. The number of aliphatic hydroxyl groups is 1. The van der Waals surface area contributed by atoms with Crippen LogP contribution in [0.2, 0.25) is 0 Å². The van der Waals surface area contributed by atoms with Gasteiger partial charge in [-0.1, -0.05) is 30.3 Å². The fraction of sp³-hybridized carbons (Fsp3) is 0.435. The molecule has 2 aromatic carbocycles. The van der Waals surface area contributed by atoms with Gasteiger partial charge >= 0.3 is 0 Å². The lowest BCUT2D eigenvalue weighted by atomic mass is 9.71. The summed E-state index contributed by atoms with van der Waals surface area (Å²) in [6, 6.07) is 13.8. The first-order chi connectivity index (χ1) is 13.5. The number of likely N-dealkylation sites (tertiary alicyclic amines) is 2. The molecular weight excluding hydrogens is 355 g/mol. The van der Waals surface area contributed by atoms with Gasteiger partial charge in [0.05, 0.1) is 6.10 Å². The molecule has 2 aliphatic heterocycles. The van der Waals surface area contributed by atoms with Crippen molar-refractivity contribution in [1.82, 2.24) is 9.80 Å². The van der Waals surface area contributed by atoms with Gasteiger partial charge in [0.1, 0.15) is 5.82 Å². The molecule has 28 heavy (non-hydrogen) atoms. The summed E-state index contributed by atoms with van der Waals surface area (Å²) in [5, 5.41) is 10.7. The van der Waals surface area contributed by atoms with Crippen molar-refractivity contribution in [2.45, 2.75) is 25.4 Å². The van der Waals surface area contributed by atoms with Gasteiger partial charge in [0.15, 0.2) is 0 Å². The lowest BCUT2D eigenvalue weighted by Crippen LogP contribution is -2.59. The Morgan fingerprint density at radius 3 is 2.61 bits per heavy atom. The van der Waals surface area contributed by atoms with Crippen LogP contribution in [0.1, 0.15) is 29.6 Å². The fourth-order valence-corrected chi connectivity index (χ4v) is 4.78. The van der Waals surface area contributed by atoms with Crippen molar-refractivity contribution in [2.75, 3.05) is 33.2 Å². The number of nitrogens with zero attached hydrogens (tertiary/aromatic N) is 2. The highest BCUT2D eigenvalue weighted by Crippen LogP contribution is 2.38. The van der Waals surface area contributed by atoms with E-state index in [1.807, 2.05) is 4.90 Å². The lowest BCUT2D eigenvalue weighted by Gasteiger charge is -2.50. The Balaban J connectivity index is 1.52. The standard InChI is InChI=1S/C23H27FN2O2/c1-25-14-11-21(27)23(15-25)12-4-13-26(16-23)22(28)18-9-7-17(8-10-18)19-5-2-3-6-20(19)24/h2-3,5-10,21,27H,4,11-16H2,1H3/t21-,23-/m0/s1. The van der Waals surface area contributed by atoms with Crippen molar-refractivity contribution >= 4 is 5.91 Å². The maximum atomic E-state index is 14.0. The molecule has 2 atom stereocenters. The molecule has 0 saturated carbocycles. The van der Waals surface area contributed by atoms with Crippen molar-refractivity contribution in [3.05, 3.63) is 59.9 Å². The predicted molar refractivity (Wildman–Crippen MR) is 108 cm³/mol. The molecule has 0 radical (unpaired) electrons. The summed E-state index contributed by atoms with van der Waals surface area (Å²) in [5.74, 6) is -0.283. The average Bonchev–Trinajstić information content (AvgIpc) is 2.71. The van der Waals surface area contributed by atoms with Crippen LogP contribution in [-0.4, -0.2) is 60.1 Å². The zero-order valence-electron chi connectivity index (χ0n) is 16.3. The molecule has 4 nitrogen and oxygen atoms in total. The molecule has 1 amide bonds. The Morgan fingerprint density at radius 2 is 1.86 bits per heavy atom. The highest BCUT2D eigenvalue weighted by molar-refractivity contribution is 5.94. The highest BCUT2D eigenvalue weighted by Gasteiger charge is 2.45. The van der Waals surface area contributed by atoms with Crippen molar-refractivity contribution in [3.63, 3.8) is 0 Å². The van der Waals surface area contributed by atoms with Crippen LogP contribution in [-0.2, 0) is 0 Å². The van der Waals surface area contributed by atoms with Gasteiger partial charge in [0, 0.05) is 42.7 Å². The maximum Gasteiger partial charge on any atom is 0.253 e. The first-order valence-electron chi connectivity index (χ1n) is 9.99. The summed E-state index contributed by atoms with van der Waals surface area (Å²) in [6.45, 7) is 3.02. The second-order valence-electron chi connectivity index (χ2n) is 8.29. The summed E-state index contributed by atoms with van der Waals surface area (Å²) >= 11 is 0. The van der Waals surface area contributed by atoms with E-state index in [4.69, 9.17) is 0 Å². The summed E-state index contributed by atoms with van der Waals surface area (Å²) in [6.07, 6.45) is 2.26. The number of carbonyl (C=O) groups is 1. The minimum Gasteiger partial charge on any atom is -0.392 e. The van der Waals surface area contributed by atoms with Gasteiger partial charge in [0.25, 0.3) is 5.91 Å². The van der Waals surface area contributed by atoms with Crippen LogP contribution < -0.4 is 0 Å². The molecule has 0 aliphatic carbocycles. The van der Waals surface area contributed by atoms with E-state index < -0.39 is 0 Å². The summed E-state index contributed by atoms with van der Waals surface area (Å²) in [4.78, 5) is 17.2. The maximum absolute atomic E-state index is 14.0. The number of amides is 1. The first kappa shape index (κ1) is 19.1. The van der Waals surface area contributed by atoms with Gasteiger partial charge in [-0.2, -0.15) is 0 Å². The second kappa shape index (κ2) is 7.64. The smallest absolute Gasteiger partial charge is 0.253 e. The van der Waals surface area contributed by atoms with Crippen LogP contribution in [0.3, 0.4) is 0 Å². The topological polar surface area (TPSA) is 43.8 Å². The molecular formula is C23H27FN2O2. The minimum absolute atomic E-state index is 0.0143. The molecule has 5 heteroatoms. The molecule has 2 saturated heterocycles. The molecule has 0 bridgehead atoms. The third-order valence-corrected chi connectivity index (χ3v) is 6.29. The van der Waals surface area contributed by atoms with Gasteiger partial charge in [-0.25, -0.2) is 4.39 Å². The zero-order valence-corrected chi connectivity index (χ0v) is 16.3. The van der Waals surface area contributed by atoms with Gasteiger partial charge < -0.3 is 14.9 Å². The van der Waals surface area contributed by atoms with Crippen molar-refractivity contribution in [1.29, 1.82) is 0 Å². The van der Waals surface area contributed by atoms with Gasteiger partial charge in [0.2, 0.25) is 0 Å². The molecule has 0 aromatic heterocycles. The van der Waals surface area contributed by atoms with E-state index in [2.05, 4.69) is 11.9 Å². The van der Waals surface area contributed by atoms with E-state index in [1.165, 1.54) is 6.07 Å². The predicted octanol–water partition coefficient (Wildman–Crippen LogP) is 3.41. The Hall–Kier alpha value is -2.24. The summed E-state index contributed by atoms with van der Waals surface area (Å²) in [5.41, 5.74) is 1.67. The SMILES string of the molecule is CN1CC[C@H](O)[C@@]2(CCCN(C(=O)c3ccc(-c4ccccc4F)cc3)C2)C1. The van der Waals surface area contributed by atoms with E-state index in [9.17, 15) is 14.3 Å². The molecule has 2 aliphatic rings. The number of carbonyl (C=O) groups excluding carboxylic acids is 1. The number of rotatable bonds is 2. The van der Waals surface area contributed by atoms with E-state index >= 15 is 0 Å². The molecule has 4 rings (SSSR count). The van der Waals surface area contributed by atoms with E-state index in [0.717, 1.165) is 37.9 Å². The second-order valence-corrected chi connectivity index (χ2v) is 8.29.